The summed E-state index contributed by atoms with van der Waals surface area (Å²) in [7, 11) is 0. The number of allylic oxidation sites excluding steroid dienone is 1. The van der Waals surface area contributed by atoms with Gasteiger partial charge in [-0.25, -0.2) is 0 Å². The van der Waals surface area contributed by atoms with E-state index in [4.69, 9.17) is 4.42 Å². The Morgan fingerprint density at radius 1 is 1.05 bits per heavy atom. The fourth-order valence-corrected chi connectivity index (χ4v) is 3.91. The monoisotopic (exact) mass is 297 g/mol. The maximum absolute atomic E-state index is 5.89. The minimum atomic E-state index is 0.706. The largest absolute Gasteiger partial charge is 0.352 e. The molecule has 0 saturated carbocycles. The lowest BCUT2D eigenvalue weighted by Gasteiger charge is -2.13. The Labute approximate surface area is 130 Å². The predicted molar refractivity (Wildman–Crippen MR) is 93.5 cm³/mol. The molecule has 2 aromatic rings. The second-order valence-corrected chi connectivity index (χ2v) is 6.35. The number of carbonyl (C=O) groups excluding carboxylic acids is 1. The van der Waals surface area contributed by atoms with Gasteiger partial charge in [0.25, 0.3) is 6.61 Å². The van der Waals surface area contributed by atoms with Gasteiger partial charge in [0.1, 0.15) is 5.56 Å². The molecule has 0 aliphatic heterocycles. The highest BCUT2D eigenvalue weighted by molar-refractivity contribution is 7.99. The Morgan fingerprint density at radius 2 is 1.95 bits per heavy atom. The summed E-state index contributed by atoms with van der Waals surface area (Å²) >= 11 is 1.95. The molecule has 0 fully saturated rings. The first-order chi connectivity index (χ1) is 10.3. The van der Waals surface area contributed by atoms with Crippen molar-refractivity contribution in [1.82, 2.24) is 0 Å². The van der Waals surface area contributed by atoms with Crippen molar-refractivity contribution >= 4 is 34.4 Å². The van der Waals surface area contributed by atoms with Crippen molar-refractivity contribution in [2.75, 3.05) is 12.4 Å². The first kappa shape index (κ1) is 14.4. The quantitative estimate of drug-likeness (QED) is 0.403. The molecule has 2 heteroatoms. The molecule has 21 heavy (non-hydrogen) atoms. The molecule has 0 aromatic heterocycles. The van der Waals surface area contributed by atoms with Crippen LogP contribution in [0.25, 0.3) is 16.8 Å². The van der Waals surface area contributed by atoms with E-state index in [1.807, 2.05) is 18.7 Å². The van der Waals surface area contributed by atoms with Crippen molar-refractivity contribution in [3.05, 3.63) is 47.5 Å². The van der Waals surface area contributed by atoms with Gasteiger partial charge >= 0.3 is 5.78 Å². The summed E-state index contributed by atoms with van der Waals surface area (Å²) < 4.78 is 5.89. The van der Waals surface area contributed by atoms with Crippen molar-refractivity contribution in [3.63, 3.8) is 0 Å². The summed E-state index contributed by atoms with van der Waals surface area (Å²) in [6.07, 6.45) is 6.78. The van der Waals surface area contributed by atoms with Crippen molar-refractivity contribution in [3.8, 4) is 0 Å². The molecule has 0 N–H and O–H groups in total. The van der Waals surface area contributed by atoms with Crippen LogP contribution in [0.15, 0.2) is 41.3 Å². The molecule has 1 aliphatic rings. The number of rotatable bonds is 5. The Balaban J connectivity index is 2.16. The van der Waals surface area contributed by atoms with E-state index in [9.17, 15) is 0 Å². The Hall–Kier alpha value is -1.54. The van der Waals surface area contributed by atoms with Gasteiger partial charge in [0.15, 0.2) is 0 Å². The highest BCUT2D eigenvalue weighted by atomic mass is 32.2. The fourth-order valence-electron chi connectivity index (χ4n) is 2.74. The molecular weight excluding hydrogens is 276 g/mol. The molecule has 0 heterocycles. The molecular formula is C19H21OS+. The summed E-state index contributed by atoms with van der Waals surface area (Å²) in [4.78, 5) is 1.34. The lowest BCUT2D eigenvalue weighted by molar-refractivity contribution is -0.261. The van der Waals surface area contributed by atoms with Crippen LogP contribution >= 0.6 is 11.8 Å². The maximum atomic E-state index is 5.89. The van der Waals surface area contributed by atoms with E-state index in [2.05, 4.69) is 49.4 Å². The summed E-state index contributed by atoms with van der Waals surface area (Å²) in [5.74, 6) is 2.18. The van der Waals surface area contributed by atoms with E-state index >= 15 is 0 Å². The third-order valence-corrected chi connectivity index (χ3v) is 4.90. The van der Waals surface area contributed by atoms with Crippen molar-refractivity contribution in [2.45, 2.75) is 31.6 Å². The number of unbranched alkanes of at least 4 members (excludes halogenated alkanes) is 1. The topological polar surface area (TPSA) is 11.3 Å². The number of hydrogen-bond donors (Lipinski definition) is 0. The first-order valence-electron chi connectivity index (χ1n) is 7.72. The third-order valence-electron chi connectivity index (χ3n) is 3.76. The van der Waals surface area contributed by atoms with Crippen LogP contribution < -0.4 is 0 Å². The van der Waals surface area contributed by atoms with E-state index in [-0.39, 0.29) is 0 Å². The molecule has 0 saturated heterocycles. The van der Waals surface area contributed by atoms with E-state index in [0.717, 1.165) is 5.78 Å². The van der Waals surface area contributed by atoms with Crippen molar-refractivity contribution in [2.24, 2.45) is 0 Å². The van der Waals surface area contributed by atoms with Gasteiger partial charge in [-0.2, -0.15) is 0 Å². The van der Waals surface area contributed by atoms with Crippen LogP contribution in [-0.2, 0) is 0 Å². The fraction of sp³-hybridized carbons (Fsp3) is 0.316. The smallest absolute Gasteiger partial charge is 0.254 e. The molecule has 0 atom stereocenters. The van der Waals surface area contributed by atoms with Crippen LogP contribution in [-0.4, -0.2) is 18.1 Å². The van der Waals surface area contributed by atoms with Crippen LogP contribution in [0.5, 0.6) is 0 Å². The van der Waals surface area contributed by atoms with E-state index in [0.29, 0.717) is 6.61 Å². The van der Waals surface area contributed by atoms with Gasteiger partial charge in [0, 0.05) is 23.3 Å². The minimum absolute atomic E-state index is 0.706. The zero-order valence-corrected chi connectivity index (χ0v) is 13.5. The second kappa shape index (κ2) is 6.48. The molecule has 0 bridgehead atoms. The third kappa shape index (κ3) is 2.77. The van der Waals surface area contributed by atoms with E-state index in [1.165, 1.54) is 45.4 Å². The zero-order chi connectivity index (χ0) is 14.7. The minimum Gasteiger partial charge on any atom is -0.254 e. The highest BCUT2D eigenvalue weighted by Crippen LogP contribution is 2.36. The maximum Gasteiger partial charge on any atom is 0.352 e. The van der Waals surface area contributed by atoms with Crippen LogP contribution in [0.3, 0.4) is 0 Å². The normalized spacial score (nSPS) is 15.0. The Bertz CT molecular complexity index is 713. The molecule has 0 unspecified atom stereocenters. The summed E-state index contributed by atoms with van der Waals surface area (Å²) in [6.45, 7) is 4.99. The first-order valence-corrected chi connectivity index (χ1v) is 8.70. The molecule has 0 spiro atoms. The molecule has 108 valence electrons. The predicted octanol–water partition coefficient (Wildman–Crippen LogP) is 5.50. The van der Waals surface area contributed by atoms with Gasteiger partial charge in [0.05, 0.1) is 0 Å². The summed E-state index contributed by atoms with van der Waals surface area (Å²) in [6, 6.07) is 11.0. The molecule has 3 rings (SSSR count). The van der Waals surface area contributed by atoms with Gasteiger partial charge in [-0.3, -0.25) is 4.42 Å². The number of benzene rings is 2. The Morgan fingerprint density at radius 3 is 2.76 bits per heavy atom. The standard InChI is InChI=1S/C19H21OS/c1-3-5-13-21-17-12-10-15-8-6-7-14-9-11-16(20-4-2)19(17)18(14)15/h6-12H,3-5,13H2,1-2H3/q+1. The number of ketones is 1. The van der Waals surface area contributed by atoms with Gasteiger partial charge in [-0.05, 0) is 35.3 Å². The van der Waals surface area contributed by atoms with Crippen LogP contribution in [0.1, 0.15) is 42.2 Å². The molecule has 0 amide bonds. The molecule has 0 radical (unpaired) electrons. The van der Waals surface area contributed by atoms with E-state index in [1.54, 1.807) is 0 Å². The summed E-state index contributed by atoms with van der Waals surface area (Å²) in [5.41, 5.74) is 2.58. The lowest BCUT2D eigenvalue weighted by Crippen LogP contribution is -2.06. The van der Waals surface area contributed by atoms with Crippen molar-refractivity contribution in [1.29, 1.82) is 0 Å². The van der Waals surface area contributed by atoms with Crippen LogP contribution in [0.2, 0.25) is 0 Å². The average Bonchev–Trinajstić information content (AvgIpc) is 2.52. The molecule has 1 nitrogen and oxygen atoms in total. The lowest BCUT2D eigenvalue weighted by atomic mass is 9.92. The van der Waals surface area contributed by atoms with Gasteiger partial charge < -0.3 is 0 Å². The van der Waals surface area contributed by atoms with Crippen LogP contribution in [0.4, 0.5) is 0 Å². The van der Waals surface area contributed by atoms with Gasteiger partial charge in [-0.1, -0.05) is 37.6 Å². The van der Waals surface area contributed by atoms with Gasteiger partial charge in [-0.15, -0.1) is 11.8 Å². The van der Waals surface area contributed by atoms with Crippen LogP contribution in [0, 0.1) is 0 Å². The van der Waals surface area contributed by atoms with E-state index < -0.39 is 0 Å². The highest BCUT2D eigenvalue weighted by Gasteiger charge is 2.24. The number of hydrogen-bond acceptors (Lipinski definition) is 1. The molecule has 1 aliphatic carbocycles. The Kier molecular flexibility index (Phi) is 4.45. The average molecular weight is 297 g/mol. The van der Waals surface area contributed by atoms with Crippen molar-refractivity contribution < 1.29 is 4.42 Å². The van der Waals surface area contributed by atoms with Gasteiger partial charge in [0.2, 0.25) is 0 Å². The SMILES string of the molecule is CCCCSc1ccc2cccc3c2c1C(=[O+]CC)C=C3. The second-order valence-electron chi connectivity index (χ2n) is 5.22. The number of thioether (sulfide) groups is 1. The zero-order valence-electron chi connectivity index (χ0n) is 12.7. The summed E-state index contributed by atoms with van der Waals surface area (Å²) in [5, 5.41) is 2.63. The molecule has 2 aromatic carbocycles.